The highest BCUT2D eigenvalue weighted by molar-refractivity contribution is 7.99. The van der Waals surface area contributed by atoms with Crippen LogP contribution in [0.25, 0.3) is 0 Å². The van der Waals surface area contributed by atoms with Crippen molar-refractivity contribution >= 4 is 23.5 Å². The van der Waals surface area contributed by atoms with Gasteiger partial charge in [-0.2, -0.15) is 11.8 Å². The highest BCUT2D eigenvalue weighted by Gasteiger charge is 2.18. The normalized spacial score (nSPS) is 18.6. The Balaban J connectivity index is 1.96. The summed E-state index contributed by atoms with van der Waals surface area (Å²) in [5, 5.41) is 6.08. The first-order valence-electron chi connectivity index (χ1n) is 7.00. The van der Waals surface area contributed by atoms with Crippen LogP contribution in [0.3, 0.4) is 0 Å². The van der Waals surface area contributed by atoms with Crippen LogP contribution in [0.4, 0.5) is 10.2 Å². The van der Waals surface area contributed by atoms with E-state index in [9.17, 15) is 9.18 Å². The summed E-state index contributed by atoms with van der Waals surface area (Å²) < 4.78 is 14.1. The quantitative estimate of drug-likeness (QED) is 0.877. The van der Waals surface area contributed by atoms with Crippen molar-refractivity contribution in [3.8, 4) is 0 Å². The number of thioether (sulfide) groups is 1. The van der Waals surface area contributed by atoms with Crippen LogP contribution in [-0.4, -0.2) is 35.0 Å². The summed E-state index contributed by atoms with van der Waals surface area (Å²) in [5.74, 6) is 0.333. The number of amides is 1. The lowest BCUT2D eigenvalue weighted by Crippen LogP contribution is -2.32. The molecule has 2 rings (SSSR count). The molecular weight excluding hydrogens is 277 g/mol. The van der Waals surface area contributed by atoms with Gasteiger partial charge in [-0.3, -0.25) is 4.79 Å². The molecule has 0 bridgehead atoms. The van der Waals surface area contributed by atoms with Crippen molar-refractivity contribution in [2.75, 3.05) is 24.2 Å². The number of carbonyl (C=O) groups excluding carboxylic acids is 1. The van der Waals surface area contributed by atoms with E-state index in [1.165, 1.54) is 25.1 Å². The summed E-state index contributed by atoms with van der Waals surface area (Å²) in [5.41, 5.74) is 0.0526. The fourth-order valence-corrected chi connectivity index (χ4v) is 3.42. The Morgan fingerprint density at radius 2 is 2.40 bits per heavy atom. The number of nitrogens with zero attached hydrogens (tertiary/aromatic N) is 1. The van der Waals surface area contributed by atoms with Gasteiger partial charge in [-0.05, 0) is 31.6 Å². The van der Waals surface area contributed by atoms with E-state index in [4.69, 9.17) is 0 Å². The van der Waals surface area contributed by atoms with Gasteiger partial charge in [-0.25, -0.2) is 9.37 Å². The minimum Gasteiger partial charge on any atom is -0.368 e. The SMILES string of the molecule is CCNc1nccc(C(=O)NCC2CCCCS2)c1F. The van der Waals surface area contributed by atoms with E-state index < -0.39 is 5.82 Å². The molecule has 0 saturated carbocycles. The first-order valence-corrected chi connectivity index (χ1v) is 8.05. The van der Waals surface area contributed by atoms with Crippen LogP contribution in [0.1, 0.15) is 36.5 Å². The van der Waals surface area contributed by atoms with Gasteiger partial charge >= 0.3 is 0 Å². The minimum absolute atomic E-state index is 0.0526. The Labute approximate surface area is 122 Å². The third-order valence-electron chi connectivity index (χ3n) is 3.24. The average molecular weight is 297 g/mol. The van der Waals surface area contributed by atoms with Gasteiger partial charge in [-0.1, -0.05) is 6.42 Å². The lowest BCUT2D eigenvalue weighted by molar-refractivity contribution is 0.0949. The zero-order valence-electron chi connectivity index (χ0n) is 11.6. The number of anilines is 1. The largest absolute Gasteiger partial charge is 0.368 e. The second-order valence-electron chi connectivity index (χ2n) is 4.75. The predicted molar refractivity (Wildman–Crippen MR) is 80.8 cm³/mol. The number of nitrogens with one attached hydrogen (secondary N) is 2. The number of carbonyl (C=O) groups is 1. The minimum atomic E-state index is -0.580. The highest BCUT2D eigenvalue weighted by Crippen LogP contribution is 2.24. The Kier molecular flexibility index (Phi) is 5.64. The number of pyridine rings is 1. The molecule has 2 heterocycles. The summed E-state index contributed by atoms with van der Waals surface area (Å²) in [4.78, 5) is 15.9. The summed E-state index contributed by atoms with van der Waals surface area (Å²) in [6.45, 7) is 3.02. The predicted octanol–water partition coefficient (Wildman–Crippen LogP) is 2.67. The van der Waals surface area contributed by atoms with Crippen LogP contribution >= 0.6 is 11.8 Å². The van der Waals surface area contributed by atoms with Gasteiger partial charge in [-0.15, -0.1) is 0 Å². The number of hydrogen-bond donors (Lipinski definition) is 2. The lowest BCUT2D eigenvalue weighted by Gasteiger charge is -2.21. The van der Waals surface area contributed by atoms with Crippen molar-refractivity contribution in [1.82, 2.24) is 10.3 Å². The van der Waals surface area contributed by atoms with Gasteiger partial charge < -0.3 is 10.6 Å². The van der Waals surface area contributed by atoms with Crippen molar-refractivity contribution in [1.29, 1.82) is 0 Å². The van der Waals surface area contributed by atoms with Gasteiger partial charge in [0.2, 0.25) is 0 Å². The van der Waals surface area contributed by atoms with E-state index >= 15 is 0 Å². The van der Waals surface area contributed by atoms with Gasteiger partial charge in [0.1, 0.15) is 0 Å². The van der Waals surface area contributed by atoms with Gasteiger partial charge in [0.05, 0.1) is 5.56 Å². The fourth-order valence-electron chi connectivity index (χ4n) is 2.18. The van der Waals surface area contributed by atoms with E-state index in [2.05, 4.69) is 15.6 Å². The number of rotatable bonds is 5. The van der Waals surface area contributed by atoms with Crippen molar-refractivity contribution in [3.63, 3.8) is 0 Å². The second kappa shape index (κ2) is 7.47. The van der Waals surface area contributed by atoms with Crippen LogP contribution in [0, 0.1) is 5.82 Å². The van der Waals surface area contributed by atoms with Crippen LogP contribution in [0.2, 0.25) is 0 Å². The molecular formula is C14H20FN3OS. The molecule has 2 N–H and O–H groups in total. The molecule has 0 aliphatic carbocycles. The molecule has 4 nitrogen and oxygen atoms in total. The fraction of sp³-hybridized carbons (Fsp3) is 0.571. The molecule has 1 unspecified atom stereocenters. The maximum absolute atomic E-state index is 14.1. The second-order valence-corrected chi connectivity index (χ2v) is 6.16. The Hall–Kier alpha value is -1.30. The molecule has 6 heteroatoms. The first kappa shape index (κ1) is 15.1. The Morgan fingerprint density at radius 1 is 1.55 bits per heavy atom. The monoisotopic (exact) mass is 297 g/mol. The molecule has 0 spiro atoms. The molecule has 1 atom stereocenters. The van der Waals surface area contributed by atoms with Crippen LogP contribution < -0.4 is 10.6 Å². The van der Waals surface area contributed by atoms with Gasteiger partial charge in [0, 0.05) is 24.5 Å². The average Bonchev–Trinajstić information content (AvgIpc) is 2.48. The standard InChI is InChI=1S/C14H20FN3OS/c1-2-16-13-12(15)11(6-7-17-13)14(19)18-9-10-5-3-4-8-20-10/h6-7,10H,2-5,8-9H2,1H3,(H,16,17)(H,18,19). The number of aromatic nitrogens is 1. The molecule has 110 valence electrons. The smallest absolute Gasteiger partial charge is 0.254 e. The zero-order chi connectivity index (χ0) is 14.4. The van der Waals surface area contributed by atoms with E-state index in [-0.39, 0.29) is 17.3 Å². The molecule has 1 saturated heterocycles. The number of halogens is 1. The Bertz CT molecular complexity index is 464. The Morgan fingerprint density at radius 3 is 3.10 bits per heavy atom. The van der Waals surface area contributed by atoms with Crippen LogP contribution in [0.5, 0.6) is 0 Å². The summed E-state index contributed by atoms with van der Waals surface area (Å²) >= 11 is 1.88. The van der Waals surface area contributed by atoms with E-state index in [1.807, 2.05) is 18.7 Å². The lowest BCUT2D eigenvalue weighted by atomic mass is 10.2. The molecule has 1 fully saturated rings. The maximum atomic E-state index is 14.1. The molecule has 0 radical (unpaired) electrons. The molecule has 1 aliphatic heterocycles. The first-order chi connectivity index (χ1) is 9.72. The molecule has 1 aromatic heterocycles. The van der Waals surface area contributed by atoms with Crippen LogP contribution in [-0.2, 0) is 0 Å². The van der Waals surface area contributed by atoms with Crippen molar-refractivity contribution < 1.29 is 9.18 Å². The molecule has 0 aromatic carbocycles. The van der Waals surface area contributed by atoms with Crippen LogP contribution in [0.15, 0.2) is 12.3 Å². The maximum Gasteiger partial charge on any atom is 0.254 e. The molecule has 1 amide bonds. The topological polar surface area (TPSA) is 54.0 Å². The van der Waals surface area contributed by atoms with Gasteiger partial charge in [0.15, 0.2) is 11.6 Å². The summed E-state index contributed by atoms with van der Waals surface area (Å²) in [6, 6.07) is 1.42. The molecule has 20 heavy (non-hydrogen) atoms. The number of hydrogen-bond acceptors (Lipinski definition) is 4. The van der Waals surface area contributed by atoms with Crippen molar-refractivity contribution in [3.05, 3.63) is 23.6 Å². The van der Waals surface area contributed by atoms with Crippen molar-refractivity contribution in [2.24, 2.45) is 0 Å². The van der Waals surface area contributed by atoms with E-state index in [1.54, 1.807) is 0 Å². The van der Waals surface area contributed by atoms with Gasteiger partial charge in [0.25, 0.3) is 5.91 Å². The third kappa shape index (κ3) is 3.85. The van der Waals surface area contributed by atoms with E-state index in [0.717, 1.165) is 12.2 Å². The molecule has 1 aliphatic rings. The molecule has 1 aromatic rings. The highest BCUT2D eigenvalue weighted by atomic mass is 32.2. The summed E-state index contributed by atoms with van der Waals surface area (Å²) in [6.07, 6.45) is 5.03. The van der Waals surface area contributed by atoms with Crippen molar-refractivity contribution in [2.45, 2.75) is 31.4 Å². The third-order valence-corrected chi connectivity index (χ3v) is 4.64. The summed E-state index contributed by atoms with van der Waals surface area (Å²) in [7, 11) is 0. The zero-order valence-corrected chi connectivity index (χ0v) is 12.4. The van der Waals surface area contributed by atoms with E-state index in [0.29, 0.717) is 18.3 Å².